The lowest BCUT2D eigenvalue weighted by atomic mass is 10.2. The predicted molar refractivity (Wildman–Crippen MR) is 59.9 cm³/mol. The quantitative estimate of drug-likeness (QED) is 0.801. The lowest BCUT2D eigenvalue weighted by Gasteiger charge is -2.27. The van der Waals surface area contributed by atoms with Crippen LogP contribution in [0.4, 0.5) is 5.82 Å². The summed E-state index contributed by atoms with van der Waals surface area (Å²) < 4.78 is 5.32. The van der Waals surface area contributed by atoms with Gasteiger partial charge in [0.2, 0.25) is 0 Å². The van der Waals surface area contributed by atoms with Crippen LogP contribution in [0, 0.1) is 0 Å². The molecule has 4 nitrogen and oxygen atoms in total. The highest BCUT2D eigenvalue weighted by atomic mass is 16.5. The van der Waals surface area contributed by atoms with Crippen molar-refractivity contribution in [1.29, 1.82) is 0 Å². The number of nitrogens with zero attached hydrogens (tertiary/aromatic N) is 2. The molecule has 2 heterocycles. The number of ether oxygens (including phenoxy) is 1. The van der Waals surface area contributed by atoms with Gasteiger partial charge >= 0.3 is 0 Å². The number of morpholine rings is 1. The van der Waals surface area contributed by atoms with E-state index in [1.807, 2.05) is 19.3 Å². The summed E-state index contributed by atoms with van der Waals surface area (Å²) in [4.78, 5) is 6.68. The number of anilines is 1. The maximum Gasteiger partial charge on any atom is 0.130 e. The van der Waals surface area contributed by atoms with Gasteiger partial charge in [0.05, 0.1) is 13.2 Å². The lowest BCUT2D eigenvalue weighted by Crippen LogP contribution is -2.35. The number of pyridine rings is 1. The molecule has 0 radical (unpaired) electrons. The van der Waals surface area contributed by atoms with Crippen LogP contribution in [-0.2, 0) is 11.3 Å². The molecule has 0 atom stereocenters. The van der Waals surface area contributed by atoms with E-state index in [0.29, 0.717) is 0 Å². The summed E-state index contributed by atoms with van der Waals surface area (Å²) in [5.41, 5.74) is 1.25. The summed E-state index contributed by atoms with van der Waals surface area (Å²) in [5, 5.41) is 3.12. The molecule has 0 unspecified atom stereocenters. The molecular formula is C11H17N3O. The SMILES string of the molecule is CNc1ncccc1CN1CCOCC1. The van der Waals surface area contributed by atoms with E-state index in [9.17, 15) is 0 Å². The van der Waals surface area contributed by atoms with Gasteiger partial charge < -0.3 is 10.1 Å². The summed E-state index contributed by atoms with van der Waals surface area (Å²) in [6, 6.07) is 4.10. The van der Waals surface area contributed by atoms with Crippen LogP contribution in [0.1, 0.15) is 5.56 Å². The average molecular weight is 207 g/mol. The number of rotatable bonds is 3. The highest BCUT2D eigenvalue weighted by Crippen LogP contribution is 2.14. The number of aromatic nitrogens is 1. The van der Waals surface area contributed by atoms with Crippen LogP contribution in [0.25, 0.3) is 0 Å². The van der Waals surface area contributed by atoms with E-state index in [0.717, 1.165) is 38.7 Å². The van der Waals surface area contributed by atoms with Gasteiger partial charge in [0, 0.05) is 38.4 Å². The minimum atomic E-state index is 0.842. The van der Waals surface area contributed by atoms with Crippen LogP contribution in [0.15, 0.2) is 18.3 Å². The van der Waals surface area contributed by atoms with Gasteiger partial charge in [0.15, 0.2) is 0 Å². The van der Waals surface area contributed by atoms with E-state index in [1.165, 1.54) is 5.56 Å². The molecule has 82 valence electrons. The first kappa shape index (κ1) is 10.4. The van der Waals surface area contributed by atoms with Crippen LogP contribution in [0.3, 0.4) is 0 Å². The Labute approximate surface area is 90.3 Å². The summed E-state index contributed by atoms with van der Waals surface area (Å²) in [5.74, 6) is 0.976. The zero-order valence-corrected chi connectivity index (χ0v) is 9.07. The molecule has 0 aromatic carbocycles. The Kier molecular flexibility index (Phi) is 3.53. The molecule has 1 N–H and O–H groups in total. The lowest BCUT2D eigenvalue weighted by molar-refractivity contribution is 0.0342. The van der Waals surface area contributed by atoms with Crippen LogP contribution in [0.2, 0.25) is 0 Å². The average Bonchev–Trinajstić information content (AvgIpc) is 2.31. The number of hydrogen-bond acceptors (Lipinski definition) is 4. The fourth-order valence-corrected chi connectivity index (χ4v) is 1.79. The van der Waals surface area contributed by atoms with Crippen molar-refractivity contribution in [1.82, 2.24) is 9.88 Å². The molecule has 1 aromatic heterocycles. The molecule has 0 saturated carbocycles. The van der Waals surface area contributed by atoms with Gasteiger partial charge in [-0.2, -0.15) is 0 Å². The maximum atomic E-state index is 5.32. The second-order valence-electron chi connectivity index (χ2n) is 3.65. The van der Waals surface area contributed by atoms with Gasteiger partial charge in [-0.25, -0.2) is 4.98 Å². The molecule has 0 amide bonds. The Balaban J connectivity index is 2.02. The van der Waals surface area contributed by atoms with Gasteiger partial charge in [-0.1, -0.05) is 6.07 Å². The number of hydrogen-bond donors (Lipinski definition) is 1. The highest BCUT2D eigenvalue weighted by Gasteiger charge is 2.12. The van der Waals surface area contributed by atoms with Gasteiger partial charge in [0.25, 0.3) is 0 Å². The third-order valence-electron chi connectivity index (χ3n) is 2.63. The first-order chi connectivity index (χ1) is 7.40. The molecule has 2 rings (SSSR count). The zero-order valence-electron chi connectivity index (χ0n) is 9.07. The summed E-state index contributed by atoms with van der Waals surface area (Å²) in [7, 11) is 1.91. The minimum absolute atomic E-state index is 0.842. The van der Waals surface area contributed by atoms with Crippen molar-refractivity contribution >= 4 is 5.82 Å². The fraction of sp³-hybridized carbons (Fsp3) is 0.545. The van der Waals surface area contributed by atoms with Crippen molar-refractivity contribution in [2.24, 2.45) is 0 Å². The summed E-state index contributed by atoms with van der Waals surface area (Å²) in [6.45, 7) is 4.66. The molecule has 4 heteroatoms. The van der Waals surface area contributed by atoms with Crippen molar-refractivity contribution < 1.29 is 4.74 Å². The molecule has 1 fully saturated rings. The molecule has 1 saturated heterocycles. The van der Waals surface area contributed by atoms with Crippen LogP contribution < -0.4 is 5.32 Å². The molecular weight excluding hydrogens is 190 g/mol. The molecule has 1 aromatic rings. The maximum absolute atomic E-state index is 5.32. The molecule has 0 spiro atoms. The van der Waals surface area contributed by atoms with Gasteiger partial charge in [-0.05, 0) is 6.07 Å². The third kappa shape index (κ3) is 2.67. The van der Waals surface area contributed by atoms with Crippen molar-refractivity contribution in [2.75, 3.05) is 38.7 Å². The monoisotopic (exact) mass is 207 g/mol. The molecule has 0 bridgehead atoms. The Hall–Kier alpha value is -1.13. The molecule has 1 aliphatic heterocycles. The smallest absolute Gasteiger partial charge is 0.130 e. The van der Waals surface area contributed by atoms with Crippen molar-refractivity contribution in [2.45, 2.75) is 6.54 Å². The first-order valence-corrected chi connectivity index (χ1v) is 5.32. The third-order valence-corrected chi connectivity index (χ3v) is 2.63. The van der Waals surface area contributed by atoms with E-state index in [2.05, 4.69) is 21.3 Å². The second-order valence-corrected chi connectivity index (χ2v) is 3.65. The van der Waals surface area contributed by atoms with Crippen LogP contribution in [0.5, 0.6) is 0 Å². The topological polar surface area (TPSA) is 37.4 Å². The van der Waals surface area contributed by atoms with Crippen molar-refractivity contribution in [3.63, 3.8) is 0 Å². The standard InChI is InChI=1S/C11H17N3O/c1-12-11-10(3-2-4-13-11)9-14-5-7-15-8-6-14/h2-4H,5-9H2,1H3,(H,12,13). The Bertz CT molecular complexity index is 310. The van der Waals surface area contributed by atoms with E-state index in [4.69, 9.17) is 4.74 Å². The zero-order chi connectivity index (χ0) is 10.5. The Morgan fingerprint density at radius 1 is 1.47 bits per heavy atom. The fourth-order valence-electron chi connectivity index (χ4n) is 1.79. The van der Waals surface area contributed by atoms with Crippen LogP contribution >= 0.6 is 0 Å². The summed E-state index contributed by atoms with van der Waals surface area (Å²) >= 11 is 0. The minimum Gasteiger partial charge on any atom is -0.379 e. The molecule has 1 aliphatic rings. The first-order valence-electron chi connectivity index (χ1n) is 5.32. The normalized spacial score (nSPS) is 17.7. The molecule has 15 heavy (non-hydrogen) atoms. The van der Waals surface area contributed by atoms with Gasteiger partial charge in [-0.15, -0.1) is 0 Å². The van der Waals surface area contributed by atoms with E-state index >= 15 is 0 Å². The largest absolute Gasteiger partial charge is 0.379 e. The van der Waals surface area contributed by atoms with Gasteiger partial charge in [-0.3, -0.25) is 4.90 Å². The van der Waals surface area contributed by atoms with Crippen molar-refractivity contribution in [3.05, 3.63) is 23.9 Å². The van der Waals surface area contributed by atoms with Gasteiger partial charge in [0.1, 0.15) is 5.82 Å². The van der Waals surface area contributed by atoms with E-state index in [1.54, 1.807) is 0 Å². The summed E-state index contributed by atoms with van der Waals surface area (Å²) in [6.07, 6.45) is 1.81. The van der Waals surface area contributed by atoms with Crippen LogP contribution in [-0.4, -0.2) is 43.2 Å². The molecule has 0 aliphatic carbocycles. The Morgan fingerprint density at radius 3 is 3.00 bits per heavy atom. The van der Waals surface area contributed by atoms with E-state index < -0.39 is 0 Å². The van der Waals surface area contributed by atoms with E-state index in [-0.39, 0.29) is 0 Å². The number of nitrogens with one attached hydrogen (secondary N) is 1. The second kappa shape index (κ2) is 5.09. The highest BCUT2D eigenvalue weighted by molar-refractivity contribution is 5.42. The predicted octanol–water partition coefficient (Wildman–Crippen LogP) is 0.956. The van der Waals surface area contributed by atoms with Crippen molar-refractivity contribution in [3.8, 4) is 0 Å². The Morgan fingerprint density at radius 2 is 2.27 bits per heavy atom.